The number of aryl methyl sites for hydroxylation is 1. The fourth-order valence-electron chi connectivity index (χ4n) is 3.71. The number of benzene rings is 1. The van der Waals surface area contributed by atoms with Gasteiger partial charge < -0.3 is 14.3 Å². The van der Waals surface area contributed by atoms with Crippen LogP contribution in [0.2, 0.25) is 0 Å². The number of rotatable bonds is 7. The lowest BCUT2D eigenvalue weighted by molar-refractivity contribution is 0.0389. The summed E-state index contributed by atoms with van der Waals surface area (Å²) in [5.74, 6) is 2.98. The number of hydrogen-bond donors (Lipinski definition) is 1. The summed E-state index contributed by atoms with van der Waals surface area (Å²) in [6.07, 6.45) is 3.84. The van der Waals surface area contributed by atoms with Crippen LogP contribution in [0.25, 0.3) is 0 Å². The molecule has 2 aromatic rings. The summed E-state index contributed by atoms with van der Waals surface area (Å²) in [5, 5.41) is 10.1. The quantitative estimate of drug-likeness (QED) is 0.833. The van der Waals surface area contributed by atoms with Gasteiger partial charge in [0.05, 0.1) is 13.7 Å². The first kappa shape index (κ1) is 18.0. The molecule has 1 aromatic carbocycles. The molecule has 1 aliphatic heterocycles. The second-order valence-electron chi connectivity index (χ2n) is 7.18. The first-order chi connectivity index (χ1) is 12.2. The standard InChI is InChI=1S/C21H29NO3/c1-3-18-7-8-20(25-18)15-22-11-9-21(16-23,10-12-22)14-17-5-4-6-19(13-17)24-2/h4-8,13,23H,3,9-12,14-16H2,1-2H3. The summed E-state index contributed by atoms with van der Waals surface area (Å²) < 4.78 is 11.2. The number of likely N-dealkylation sites (tertiary alicyclic amines) is 1. The van der Waals surface area contributed by atoms with Crippen molar-refractivity contribution in [3.05, 3.63) is 53.5 Å². The van der Waals surface area contributed by atoms with Gasteiger partial charge in [-0.15, -0.1) is 0 Å². The normalized spacial score (nSPS) is 17.6. The molecule has 3 rings (SSSR count). The van der Waals surface area contributed by atoms with Crippen molar-refractivity contribution in [1.82, 2.24) is 4.90 Å². The Bertz CT molecular complexity index is 671. The maximum absolute atomic E-state index is 10.1. The highest BCUT2D eigenvalue weighted by molar-refractivity contribution is 5.29. The van der Waals surface area contributed by atoms with Gasteiger partial charge in [0.1, 0.15) is 17.3 Å². The molecular formula is C21H29NO3. The zero-order valence-electron chi connectivity index (χ0n) is 15.3. The van der Waals surface area contributed by atoms with Gasteiger partial charge in [0, 0.05) is 13.0 Å². The van der Waals surface area contributed by atoms with Gasteiger partial charge in [-0.05, 0) is 67.6 Å². The lowest BCUT2D eigenvalue weighted by atomic mass is 9.74. The zero-order chi connectivity index (χ0) is 17.7. The van der Waals surface area contributed by atoms with Crippen molar-refractivity contribution in [2.24, 2.45) is 5.41 Å². The van der Waals surface area contributed by atoms with Crippen LogP contribution >= 0.6 is 0 Å². The molecule has 0 unspecified atom stereocenters. The van der Waals surface area contributed by atoms with E-state index >= 15 is 0 Å². The van der Waals surface area contributed by atoms with Gasteiger partial charge in [0.25, 0.3) is 0 Å². The Kier molecular flexibility index (Phi) is 5.82. The average Bonchev–Trinajstić information content (AvgIpc) is 3.11. The summed E-state index contributed by atoms with van der Waals surface area (Å²) in [6.45, 7) is 5.19. The summed E-state index contributed by atoms with van der Waals surface area (Å²) >= 11 is 0. The average molecular weight is 343 g/mol. The van der Waals surface area contributed by atoms with Gasteiger partial charge >= 0.3 is 0 Å². The van der Waals surface area contributed by atoms with Crippen molar-refractivity contribution in [3.63, 3.8) is 0 Å². The van der Waals surface area contributed by atoms with Crippen molar-refractivity contribution in [2.45, 2.75) is 39.2 Å². The summed E-state index contributed by atoms with van der Waals surface area (Å²) in [5.41, 5.74) is 1.21. The number of aliphatic hydroxyl groups is 1. The van der Waals surface area contributed by atoms with Crippen LogP contribution in [0.15, 0.2) is 40.8 Å². The topological polar surface area (TPSA) is 45.8 Å². The van der Waals surface area contributed by atoms with Crippen LogP contribution in [0.5, 0.6) is 5.75 Å². The molecule has 0 bridgehead atoms. The zero-order valence-corrected chi connectivity index (χ0v) is 15.3. The minimum absolute atomic E-state index is 0.0272. The maximum atomic E-state index is 10.1. The Morgan fingerprint density at radius 1 is 1.16 bits per heavy atom. The van der Waals surface area contributed by atoms with Crippen LogP contribution in [0.3, 0.4) is 0 Å². The molecule has 0 atom stereocenters. The number of methoxy groups -OCH3 is 1. The number of piperidine rings is 1. The monoisotopic (exact) mass is 343 g/mol. The van der Waals surface area contributed by atoms with Gasteiger partial charge in [-0.3, -0.25) is 4.90 Å². The molecule has 0 aliphatic carbocycles. The molecule has 0 saturated carbocycles. The number of aliphatic hydroxyl groups excluding tert-OH is 1. The molecular weight excluding hydrogens is 314 g/mol. The Balaban J connectivity index is 1.59. The van der Waals surface area contributed by atoms with Crippen molar-refractivity contribution in [2.75, 3.05) is 26.8 Å². The fraction of sp³-hybridized carbons (Fsp3) is 0.524. The number of furan rings is 1. The Labute approximate surface area is 150 Å². The van der Waals surface area contributed by atoms with E-state index in [1.807, 2.05) is 12.1 Å². The van der Waals surface area contributed by atoms with Gasteiger partial charge in [-0.1, -0.05) is 19.1 Å². The lowest BCUT2D eigenvalue weighted by Gasteiger charge is -2.40. The second kappa shape index (κ2) is 8.07. The summed E-state index contributed by atoms with van der Waals surface area (Å²) in [7, 11) is 1.69. The molecule has 136 valence electrons. The van der Waals surface area contributed by atoms with Crippen LogP contribution < -0.4 is 4.74 Å². The molecule has 4 nitrogen and oxygen atoms in total. The third kappa shape index (κ3) is 4.44. The number of hydrogen-bond acceptors (Lipinski definition) is 4. The van der Waals surface area contributed by atoms with E-state index in [9.17, 15) is 5.11 Å². The van der Waals surface area contributed by atoms with Gasteiger partial charge in [-0.25, -0.2) is 0 Å². The highest BCUT2D eigenvalue weighted by Crippen LogP contribution is 2.36. The minimum Gasteiger partial charge on any atom is -0.497 e. The van der Waals surface area contributed by atoms with E-state index in [4.69, 9.17) is 9.15 Å². The third-order valence-corrected chi connectivity index (χ3v) is 5.41. The van der Waals surface area contributed by atoms with E-state index in [1.165, 1.54) is 5.56 Å². The molecule has 1 aliphatic rings. The van der Waals surface area contributed by atoms with Crippen molar-refractivity contribution >= 4 is 0 Å². The van der Waals surface area contributed by atoms with Crippen molar-refractivity contribution < 1.29 is 14.3 Å². The predicted octanol–water partition coefficient (Wildman–Crippen LogP) is 3.67. The second-order valence-corrected chi connectivity index (χ2v) is 7.18. The highest BCUT2D eigenvalue weighted by atomic mass is 16.5. The van der Waals surface area contributed by atoms with E-state index in [-0.39, 0.29) is 12.0 Å². The molecule has 0 amide bonds. The molecule has 1 saturated heterocycles. The SMILES string of the molecule is CCc1ccc(CN2CCC(CO)(Cc3cccc(OC)c3)CC2)o1. The van der Waals surface area contributed by atoms with Crippen molar-refractivity contribution in [1.29, 1.82) is 0 Å². The molecule has 25 heavy (non-hydrogen) atoms. The third-order valence-electron chi connectivity index (χ3n) is 5.41. The van der Waals surface area contributed by atoms with Crippen LogP contribution in [0.1, 0.15) is 36.8 Å². The smallest absolute Gasteiger partial charge is 0.119 e. The molecule has 1 N–H and O–H groups in total. The lowest BCUT2D eigenvalue weighted by Crippen LogP contribution is -2.42. The predicted molar refractivity (Wildman–Crippen MR) is 98.8 cm³/mol. The Morgan fingerprint density at radius 3 is 2.56 bits per heavy atom. The number of nitrogens with zero attached hydrogens (tertiary/aromatic N) is 1. The van der Waals surface area contributed by atoms with E-state index in [0.29, 0.717) is 0 Å². The van der Waals surface area contributed by atoms with Gasteiger partial charge in [0.2, 0.25) is 0 Å². The Hall–Kier alpha value is -1.78. The maximum Gasteiger partial charge on any atom is 0.119 e. The first-order valence-corrected chi connectivity index (χ1v) is 9.20. The summed E-state index contributed by atoms with van der Waals surface area (Å²) in [4.78, 5) is 2.43. The van der Waals surface area contributed by atoms with E-state index < -0.39 is 0 Å². The van der Waals surface area contributed by atoms with Crippen molar-refractivity contribution in [3.8, 4) is 5.75 Å². The molecule has 4 heteroatoms. The molecule has 1 fully saturated rings. The Morgan fingerprint density at radius 2 is 1.92 bits per heavy atom. The fourth-order valence-corrected chi connectivity index (χ4v) is 3.71. The highest BCUT2D eigenvalue weighted by Gasteiger charge is 2.34. The van der Waals surface area contributed by atoms with Crippen LogP contribution in [-0.2, 0) is 19.4 Å². The van der Waals surface area contributed by atoms with Gasteiger partial charge in [0.15, 0.2) is 0 Å². The first-order valence-electron chi connectivity index (χ1n) is 9.20. The van der Waals surface area contributed by atoms with E-state index in [2.05, 4.69) is 36.1 Å². The number of ether oxygens (including phenoxy) is 1. The molecule has 1 aromatic heterocycles. The molecule has 0 spiro atoms. The molecule has 2 heterocycles. The summed E-state index contributed by atoms with van der Waals surface area (Å²) in [6, 6.07) is 12.4. The van der Waals surface area contributed by atoms with E-state index in [1.54, 1.807) is 7.11 Å². The van der Waals surface area contributed by atoms with Gasteiger partial charge in [-0.2, -0.15) is 0 Å². The molecule has 0 radical (unpaired) electrons. The van der Waals surface area contributed by atoms with Crippen LogP contribution in [-0.4, -0.2) is 36.8 Å². The van der Waals surface area contributed by atoms with E-state index in [0.717, 1.165) is 62.6 Å². The van der Waals surface area contributed by atoms with Crippen LogP contribution in [0, 0.1) is 5.41 Å². The largest absolute Gasteiger partial charge is 0.497 e. The van der Waals surface area contributed by atoms with Crippen LogP contribution in [0.4, 0.5) is 0 Å². The minimum atomic E-state index is -0.0272.